The number of hydrogen-bond acceptors (Lipinski definition) is 2. The maximum absolute atomic E-state index is 11.6. The van der Waals surface area contributed by atoms with Crippen molar-refractivity contribution in [2.45, 2.75) is 20.3 Å². The van der Waals surface area contributed by atoms with Crippen LogP contribution < -0.4 is 9.64 Å². The van der Waals surface area contributed by atoms with Crippen LogP contribution in [0.3, 0.4) is 0 Å². The van der Waals surface area contributed by atoms with Gasteiger partial charge in [-0.15, -0.1) is 0 Å². The van der Waals surface area contributed by atoms with Crippen molar-refractivity contribution in [3.63, 3.8) is 0 Å². The largest absolute Gasteiger partial charge is 0.482 e. The fraction of sp³-hybridized carbons (Fsp3) is 0.417. The molecule has 2 rings (SSSR count). The molecule has 3 nitrogen and oxygen atoms in total. The number of ether oxygens (including phenoxy) is 1. The first-order valence-electron chi connectivity index (χ1n) is 5.32. The maximum atomic E-state index is 11.6. The number of anilines is 1. The first-order chi connectivity index (χ1) is 7.26. The normalized spacial score (nSPS) is 14.8. The number of benzene rings is 1. The van der Waals surface area contributed by atoms with Crippen molar-refractivity contribution in [2.24, 2.45) is 0 Å². The number of carbonyl (C=O) groups excluding carboxylic acids is 1. The van der Waals surface area contributed by atoms with E-state index in [0.29, 0.717) is 6.54 Å². The number of carbonyl (C=O) groups is 1. The van der Waals surface area contributed by atoms with E-state index in [1.165, 1.54) is 5.56 Å². The maximum Gasteiger partial charge on any atom is 0.265 e. The molecule has 0 atom stereocenters. The molecule has 1 aromatic rings. The van der Waals surface area contributed by atoms with Crippen LogP contribution in [0.5, 0.6) is 5.75 Å². The smallest absolute Gasteiger partial charge is 0.265 e. The number of fused-ring (bicyclic) bond motifs is 1. The predicted octanol–water partition coefficient (Wildman–Crippen LogP) is 1.99. The van der Waals surface area contributed by atoms with Crippen LogP contribution >= 0.6 is 0 Å². The van der Waals surface area contributed by atoms with Gasteiger partial charge >= 0.3 is 0 Å². The minimum Gasteiger partial charge on any atom is -0.482 e. The van der Waals surface area contributed by atoms with Gasteiger partial charge in [0.25, 0.3) is 5.91 Å². The van der Waals surface area contributed by atoms with Crippen LogP contribution in [0.1, 0.15) is 19.4 Å². The molecule has 1 aliphatic rings. The molecule has 1 heterocycles. The zero-order valence-electron chi connectivity index (χ0n) is 9.12. The molecule has 0 aromatic heterocycles. The fourth-order valence-corrected chi connectivity index (χ4v) is 1.81. The number of nitrogens with zero attached hydrogens (tertiary/aromatic N) is 1. The summed E-state index contributed by atoms with van der Waals surface area (Å²) >= 11 is 0. The minimum atomic E-state index is 0.0400. The van der Waals surface area contributed by atoms with E-state index in [2.05, 4.69) is 6.92 Å². The van der Waals surface area contributed by atoms with E-state index >= 15 is 0 Å². The molecule has 0 saturated carbocycles. The molecule has 0 unspecified atom stereocenters. The summed E-state index contributed by atoms with van der Waals surface area (Å²) in [5.74, 6) is 0.854. The zero-order valence-corrected chi connectivity index (χ0v) is 9.12. The summed E-state index contributed by atoms with van der Waals surface area (Å²) in [4.78, 5) is 13.4. The number of likely N-dealkylation sites (N-methyl/N-ethyl adjacent to an activating group) is 1. The molecule has 3 heteroatoms. The molecule has 0 N–H and O–H groups in total. The van der Waals surface area contributed by atoms with E-state index in [1.54, 1.807) is 4.90 Å². The summed E-state index contributed by atoms with van der Waals surface area (Å²) < 4.78 is 5.38. The van der Waals surface area contributed by atoms with Crippen molar-refractivity contribution in [3.8, 4) is 5.75 Å². The van der Waals surface area contributed by atoms with Gasteiger partial charge in [0.15, 0.2) is 6.61 Å². The Morgan fingerprint density at radius 2 is 2.20 bits per heavy atom. The summed E-state index contributed by atoms with van der Waals surface area (Å²) in [7, 11) is 0. The molecule has 1 aromatic carbocycles. The number of hydrogen-bond donors (Lipinski definition) is 0. The second kappa shape index (κ2) is 3.93. The molecule has 0 bridgehead atoms. The van der Waals surface area contributed by atoms with Gasteiger partial charge in [0.2, 0.25) is 0 Å². The fourth-order valence-electron chi connectivity index (χ4n) is 1.81. The van der Waals surface area contributed by atoms with Gasteiger partial charge in [-0.1, -0.05) is 13.0 Å². The van der Waals surface area contributed by atoms with Crippen LogP contribution in [0.2, 0.25) is 0 Å². The van der Waals surface area contributed by atoms with E-state index in [0.717, 1.165) is 17.9 Å². The van der Waals surface area contributed by atoms with Gasteiger partial charge in [-0.25, -0.2) is 0 Å². The van der Waals surface area contributed by atoms with Crippen molar-refractivity contribution in [3.05, 3.63) is 23.8 Å². The van der Waals surface area contributed by atoms with Crippen molar-refractivity contribution in [2.75, 3.05) is 18.1 Å². The highest BCUT2D eigenvalue weighted by atomic mass is 16.5. The van der Waals surface area contributed by atoms with E-state index in [1.807, 2.05) is 25.1 Å². The van der Waals surface area contributed by atoms with Crippen LogP contribution in [-0.2, 0) is 11.2 Å². The molecular weight excluding hydrogens is 190 g/mol. The van der Waals surface area contributed by atoms with Crippen LogP contribution in [0.4, 0.5) is 5.69 Å². The Hall–Kier alpha value is -1.51. The minimum absolute atomic E-state index is 0.0400. The average Bonchev–Trinajstić information content (AvgIpc) is 2.28. The lowest BCUT2D eigenvalue weighted by molar-refractivity contribution is -0.121. The standard InChI is InChI=1S/C12H15NO2/c1-3-9-5-6-11-10(7-9)13(4-2)12(14)8-15-11/h5-7H,3-4,8H2,1-2H3. The van der Waals surface area contributed by atoms with E-state index in [-0.39, 0.29) is 12.5 Å². The van der Waals surface area contributed by atoms with E-state index in [9.17, 15) is 4.79 Å². The summed E-state index contributed by atoms with van der Waals surface area (Å²) in [5.41, 5.74) is 2.14. The van der Waals surface area contributed by atoms with Gasteiger partial charge < -0.3 is 9.64 Å². The Morgan fingerprint density at radius 1 is 1.40 bits per heavy atom. The van der Waals surface area contributed by atoms with Crippen molar-refractivity contribution in [1.29, 1.82) is 0 Å². The topological polar surface area (TPSA) is 29.5 Å². The lowest BCUT2D eigenvalue weighted by atomic mass is 10.1. The highest BCUT2D eigenvalue weighted by Gasteiger charge is 2.23. The molecule has 0 aliphatic carbocycles. The SMILES string of the molecule is CCc1ccc2c(c1)N(CC)C(=O)CO2. The Balaban J connectivity index is 2.45. The monoisotopic (exact) mass is 205 g/mol. The summed E-state index contributed by atoms with van der Waals surface area (Å²) in [6, 6.07) is 6.03. The number of aryl methyl sites for hydroxylation is 1. The number of rotatable bonds is 2. The van der Waals surface area contributed by atoms with Gasteiger partial charge in [0.1, 0.15) is 5.75 Å². The third-order valence-electron chi connectivity index (χ3n) is 2.69. The molecule has 0 fully saturated rings. The molecule has 0 radical (unpaired) electrons. The van der Waals surface area contributed by atoms with Crippen LogP contribution in [0, 0.1) is 0 Å². The quantitative estimate of drug-likeness (QED) is 0.739. The first kappa shape index (κ1) is 10.0. The van der Waals surface area contributed by atoms with Gasteiger partial charge in [-0.2, -0.15) is 0 Å². The van der Waals surface area contributed by atoms with Gasteiger partial charge in [0, 0.05) is 6.54 Å². The molecule has 80 valence electrons. The first-order valence-corrected chi connectivity index (χ1v) is 5.32. The van der Waals surface area contributed by atoms with Crippen LogP contribution in [-0.4, -0.2) is 19.1 Å². The number of amides is 1. The summed E-state index contributed by atoms with van der Waals surface area (Å²) in [6.45, 7) is 4.93. The summed E-state index contributed by atoms with van der Waals surface area (Å²) in [5, 5.41) is 0. The molecule has 0 spiro atoms. The van der Waals surface area contributed by atoms with Gasteiger partial charge in [0.05, 0.1) is 5.69 Å². The predicted molar refractivity (Wildman–Crippen MR) is 59.3 cm³/mol. The summed E-state index contributed by atoms with van der Waals surface area (Å²) in [6.07, 6.45) is 0.971. The van der Waals surface area contributed by atoms with Crippen LogP contribution in [0.25, 0.3) is 0 Å². The second-order valence-corrected chi connectivity index (χ2v) is 3.58. The Labute approximate surface area is 89.7 Å². The molecule has 15 heavy (non-hydrogen) atoms. The highest BCUT2D eigenvalue weighted by molar-refractivity contribution is 5.97. The van der Waals surface area contributed by atoms with Crippen molar-refractivity contribution < 1.29 is 9.53 Å². The molecular formula is C12H15NO2. The Kier molecular flexibility index (Phi) is 2.62. The lowest BCUT2D eigenvalue weighted by Gasteiger charge is -2.28. The van der Waals surface area contributed by atoms with Crippen molar-refractivity contribution in [1.82, 2.24) is 0 Å². The van der Waals surface area contributed by atoms with E-state index in [4.69, 9.17) is 4.74 Å². The molecule has 1 amide bonds. The lowest BCUT2D eigenvalue weighted by Crippen LogP contribution is -2.38. The van der Waals surface area contributed by atoms with E-state index < -0.39 is 0 Å². The Morgan fingerprint density at radius 3 is 2.87 bits per heavy atom. The van der Waals surface area contributed by atoms with Gasteiger partial charge in [-0.3, -0.25) is 4.79 Å². The third-order valence-corrected chi connectivity index (χ3v) is 2.69. The highest BCUT2D eigenvalue weighted by Crippen LogP contribution is 2.32. The van der Waals surface area contributed by atoms with Crippen molar-refractivity contribution >= 4 is 11.6 Å². The molecule has 1 aliphatic heterocycles. The third kappa shape index (κ3) is 1.69. The average molecular weight is 205 g/mol. The zero-order chi connectivity index (χ0) is 10.8. The van der Waals surface area contributed by atoms with Crippen LogP contribution in [0.15, 0.2) is 18.2 Å². The van der Waals surface area contributed by atoms with Gasteiger partial charge in [-0.05, 0) is 31.0 Å². The second-order valence-electron chi connectivity index (χ2n) is 3.58. The Bertz CT molecular complexity index is 387. The molecule has 0 saturated heterocycles.